The van der Waals surface area contributed by atoms with Crippen LogP contribution in [0.1, 0.15) is 93.8 Å². The zero-order valence-electron chi connectivity index (χ0n) is 38.1. The molecule has 0 radical (unpaired) electrons. The van der Waals surface area contributed by atoms with Crippen molar-refractivity contribution in [3.8, 4) is 40.2 Å². The number of benzene rings is 9. The van der Waals surface area contributed by atoms with Crippen molar-refractivity contribution in [1.29, 1.82) is 0 Å². The first-order chi connectivity index (χ1) is 32.7. The van der Waals surface area contributed by atoms with E-state index in [9.17, 15) is 35.7 Å². The van der Waals surface area contributed by atoms with Crippen molar-refractivity contribution in [2.45, 2.75) is 43.4 Å². The minimum Gasteiger partial charge on any atom is -0.508 e. The summed E-state index contributed by atoms with van der Waals surface area (Å²) in [6, 6.07) is 67.7. The fraction of sp³-hybridized carbons (Fsp3) is 0.115. The van der Waals surface area contributed by atoms with Gasteiger partial charge >= 0.3 is 0 Å². The van der Waals surface area contributed by atoms with E-state index in [0.717, 1.165) is 55.6 Å². The topological polar surface area (TPSA) is 142 Å². The van der Waals surface area contributed by atoms with Gasteiger partial charge in [-0.2, -0.15) is 0 Å². The first-order valence-electron chi connectivity index (χ1n) is 22.4. The molecule has 7 N–H and O–H groups in total. The largest absolute Gasteiger partial charge is 0.508 e. The van der Waals surface area contributed by atoms with Crippen molar-refractivity contribution < 1.29 is 35.7 Å². The summed E-state index contributed by atoms with van der Waals surface area (Å²) in [4.78, 5) is 0. The lowest BCUT2D eigenvalue weighted by Gasteiger charge is -2.33. The molecule has 0 spiro atoms. The van der Waals surface area contributed by atoms with E-state index >= 15 is 0 Å². The number of phenolic OH excluding ortho intramolecular Hbond substituents is 7. The first kappa shape index (κ1) is 46.1. The van der Waals surface area contributed by atoms with Gasteiger partial charge in [0, 0.05) is 22.7 Å². The molecular weight excluding hydrogens is 845 g/mol. The predicted octanol–water partition coefficient (Wildman–Crippen LogP) is 13.4. The van der Waals surface area contributed by atoms with Crippen LogP contribution in [0, 0.1) is 0 Å². The van der Waals surface area contributed by atoms with Crippen molar-refractivity contribution in [2.24, 2.45) is 0 Å². The molecular formula is C61H54O7. The zero-order valence-corrected chi connectivity index (χ0v) is 38.1. The summed E-state index contributed by atoms with van der Waals surface area (Å²) in [5.41, 5.74) is 11.1. The first-order valence-corrected chi connectivity index (χ1v) is 22.4. The molecule has 7 heteroatoms. The Hall–Kier alpha value is -8.42. The summed E-state index contributed by atoms with van der Waals surface area (Å²) in [5.74, 6) is 1.41. The van der Waals surface area contributed by atoms with Crippen LogP contribution in [0.3, 0.4) is 0 Å². The SMILES string of the molecule is CC(C)(c1ccc(O)cc1)c1ccc(C(C)(c2ccc(O)cc2)c2ccc(O)cc2)cc1.Oc1ccc(C(c2ccc(O)cc2)c2ccc(C(c3ccc(O)cc3)c3ccc(O)cc3)cc2)cc1. The molecule has 7 nitrogen and oxygen atoms in total. The summed E-state index contributed by atoms with van der Waals surface area (Å²) < 4.78 is 0. The molecule has 0 atom stereocenters. The summed E-state index contributed by atoms with van der Waals surface area (Å²) in [5, 5.41) is 68.4. The van der Waals surface area contributed by atoms with Crippen molar-refractivity contribution in [3.63, 3.8) is 0 Å². The zero-order chi connectivity index (χ0) is 48.0. The molecule has 0 aliphatic heterocycles. The van der Waals surface area contributed by atoms with E-state index in [1.165, 1.54) is 5.56 Å². The van der Waals surface area contributed by atoms with Crippen LogP contribution in [-0.2, 0) is 10.8 Å². The van der Waals surface area contributed by atoms with Crippen molar-refractivity contribution in [3.05, 3.63) is 280 Å². The normalized spacial score (nSPS) is 11.5. The molecule has 0 bridgehead atoms. The lowest BCUT2D eigenvalue weighted by molar-refractivity contribution is 0.473. The smallest absolute Gasteiger partial charge is 0.115 e. The summed E-state index contributed by atoms with van der Waals surface area (Å²) in [6.07, 6.45) is 0. The van der Waals surface area contributed by atoms with Gasteiger partial charge in [0.1, 0.15) is 40.2 Å². The Bertz CT molecular complexity index is 2780. The quantitative estimate of drug-likeness (QED) is 0.0641. The van der Waals surface area contributed by atoms with E-state index in [2.05, 4.69) is 69.3 Å². The average molecular weight is 899 g/mol. The van der Waals surface area contributed by atoms with E-state index < -0.39 is 5.41 Å². The molecule has 0 aliphatic carbocycles. The third kappa shape index (κ3) is 10.0. The van der Waals surface area contributed by atoms with Gasteiger partial charge in [-0.05, 0) is 153 Å². The summed E-state index contributed by atoms with van der Waals surface area (Å²) in [6.45, 7) is 6.51. The maximum absolute atomic E-state index is 9.80. The van der Waals surface area contributed by atoms with Gasteiger partial charge in [0.25, 0.3) is 0 Å². The van der Waals surface area contributed by atoms with Gasteiger partial charge in [-0.1, -0.05) is 147 Å². The standard InChI is InChI=1S/C32H26O4.C29H28O3/c33-27-13-5-23(6-14-27)31(24-7-15-28(34)16-8-24)21-1-2-22(4-3-21)32(25-9-17-29(35)18-10-25)26-11-19-30(36)20-12-26;1-28(2,21-8-14-25(30)15-9-21)20-4-6-22(7-5-20)29(3,23-10-16-26(31)17-11-23)24-12-18-27(32)19-13-24/h1-20,31-36H;4-19,30-32H,1-3H3. The van der Waals surface area contributed by atoms with Crippen LogP contribution < -0.4 is 0 Å². The fourth-order valence-corrected chi connectivity index (χ4v) is 9.06. The lowest BCUT2D eigenvalue weighted by Crippen LogP contribution is -2.26. The van der Waals surface area contributed by atoms with E-state index in [-0.39, 0.29) is 57.5 Å². The Morgan fingerprint density at radius 1 is 0.221 bits per heavy atom. The second kappa shape index (κ2) is 19.6. The van der Waals surface area contributed by atoms with E-state index in [4.69, 9.17) is 0 Å². The van der Waals surface area contributed by atoms with Gasteiger partial charge < -0.3 is 35.7 Å². The average Bonchev–Trinajstić information content (AvgIpc) is 3.35. The number of hydrogen-bond donors (Lipinski definition) is 7. The summed E-state index contributed by atoms with van der Waals surface area (Å²) >= 11 is 0. The van der Waals surface area contributed by atoms with Crippen molar-refractivity contribution >= 4 is 0 Å². The highest BCUT2D eigenvalue weighted by Crippen LogP contribution is 2.42. The van der Waals surface area contributed by atoms with Gasteiger partial charge in [-0.3, -0.25) is 0 Å². The molecule has 0 saturated carbocycles. The Balaban J connectivity index is 0.000000185. The minimum atomic E-state index is -0.470. The molecule has 0 heterocycles. The molecule has 0 aliphatic rings. The Morgan fingerprint density at radius 2 is 0.368 bits per heavy atom. The highest BCUT2D eigenvalue weighted by atomic mass is 16.3. The second-order valence-electron chi connectivity index (χ2n) is 17.9. The second-order valence-corrected chi connectivity index (χ2v) is 17.9. The van der Waals surface area contributed by atoms with Gasteiger partial charge in [-0.25, -0.2) is 0 Å². The third-order valence-corrected chi connectivity index (χ3v) is 13.2. The van der Waals surface area contributed by atoms with E-state index in [1.54, 1.807) is 84.9 Å². The molecule has 0 aromatic heterocycles. The van der Waals surface area contributed by atoms with Gasteiger partial charge in [0.2, 0.25) is 0 Å². The van der Waals surface area contributed by atoms with Gasteiger partial charge in [0.05, 0.1) is 0 Å². The summed E-state index contributed by atoms with van der Waals surface area (Å²) in [7, 11) is 0. The molecule has 0 fully saturated rings. The van der Waals surface area contributed by atoms with Crippen LogP contribution in [0.25, 0.3) is 0 Å². The van der Waals surface area contributed by atoms with Crippen LogP contribution in [0.4, 0.5) is 0 Å². The van der Waals surface area contributed by atoms with Crippen LogP contribution >= 0.6 is 0 Å². The fourth-order valence-electron chi connectivity index (χ4n) is 9.06. The highest BCUT2D eigenvalue weighted by molar-refractivity contribution is 5.54. The maximum atomic E-state index is 9.80. The number of phenols is 7. The maximum Gasteiger partial charge on any atom is 0.115 e. The number of hydrogen-bond acceptors (Lipinski definition) is 7. The van der Waals surface area contributed by atoms with E-state index in [0.29, 0.717) is 0 Å². The van der Waals surface area contributed by atoms with Crippen molar-refractivity contribution in [1.82, 2.24) is 0 Å². The van der Waals surface area contributed by atoms with Crippen LogP contribution in [0.5, 0.6) is 40.2 Å². The Labute approximate surface area is 397 Å². The highest BCUT2D eigenvalue weighted by Gasteiger charge is 2.32. The molecule has 0 saturated heterocycles. The lowest BCUT2D eigenvalue weighted by atomic mass is 9.70. The Morgan fingerprint density at radius 3 is 0.588 bits per heavy atom. The third-order valence-electron chi connectivity index (χ3n) is 13.2. The van der Waals surface area contributed by atoms with Crippen LogP contribution in [0.2, 0.25) is 0 Å². The van der Waals surface area contributed by atoms with Crippen LogP contribution in [-0.4, -0.2) is 35.7 Å². The molecule has 0 amide bonds. The van der Waals surface area contributed by atoms with E-state index in [1.807, 2.05) is 84.9 Å². The molecule has 68 heavy (non-hydrogen) atoms. The minimum absolute atomic E-state index is 0.0824. The van der Waals surface area contributed by atoms with Crippen molar-refractivity contribution in [2.75, 3.05) is 0 Å². The Kier molecular flexibility index (Phi) is 13.3. The predicted molar refractivity (Wildman–Crippen MR) is 269 cm³/mol. The molecule has 9 aromatic rings. The number of rotatable bonds is 11. The van der Waals surface area contributed by atoms with Crippen LogP contribution in [0.15, 0.2) is 218 Å². The monoisotopic (exact) mass is 898 g/mol. The molecule has 9 rings (SSSR count). The van der Waals surface area contributed by atoms with Gasteiger partial charge in [0.15, 0.2) is 0 Å². The van der Waals surface area contributed by atoms with Gasteiger partial charge in [-0.15, -0.1) is 0 Å². The number of aromatic hydroxyl groups is 7. The molecule has 9 aromatic carbocycles. The molecule has 340 valence electrons. The molecule has 0 unspecified atom stereocenters.